The van der Waals surface area contributed by atoms with Crippen LogP contribution in [0.3, 0.4) is 0 Å². The maximum atomic E-state index is 5.11. The summed E-state index contributed by atoms with van der Waals surface area (Å²) in [4.78, 5) is 0. The zero-order valence-corrected chi connectivity index (χ0v) is 12.0. The van der Waals surface area contributed by atoms with Gasteiger partial charge in [0.15, 0.2) is 0 Å². The van der Waals surface area contributed by atoms with Gasteiger partial charge in [-0.25, -0.2) is 0 Å². The van der Waals surface area contributed by atoms with E-state index < -0.39 is 0 Å². The van der Waals surface area contributed by atoms with E-state index >= 15 is 0 Å². The van der Waals surface area contributed by atoms with Crippen molar-refractivity contribution in [1.29, 1.82) is 0 Å². The molecule has 0 aliphatic heterocycles. The molecule has 0 aliphatic rings. The molecule has 16 heavy (non-hydrogen) atoms. The highest BCUT2D eigenvalue weighted by Crippen LogP contribution is 2.25. The summed E-state index contributed by atoms with van der Waals surface area (Å²) in [6.45, 7) is 3.12. The van der Waals surface area contributed by atoms with Crippen molar-refractivity contribution in [2.45, 2.75) is 19.4 Å². The molecular formula is C12H14INOS. The fourth-order valence-electron chi connectivity index (χ4n) is 1.70. The smallest absolute Gasteiger partial charge is 0.0935 e. The Morgan fingerprint density at radius 1 is 1.56 bits per heavy atom. The second-order valence-electron chi connectivity index (χ2n) is 3.63. The van der Waals surface area contributed by atoms with Crippen molar-refractivity contribution in [2.24, 2.45) is 0 Å². The summed E-state index contributed by atoms with van der Waals surface area (Å²) >= 11 is 4.16. The Balaban J connectivity index is 2.11. The van der Waals surface area contributed by atoms with Gasteiger partial charge in [-0.3, -0.25) is 0 Å². The van der Waals surface area contributed by atoms with Crippen molar-refractivity contribution in [3.63, 3.8) is 0 Å². The summed E-state index contributed by atoms with van der Waals surface area (Å²) in [5, 5.41) is 5.74. The van der Waals surface area contributed by atoms with E-state index in [1.807, 2.05) is 12.3 Å². The first kappa shape index (κ1) is 12.1. The Labute approximate surface area is 113 Å². The summed E-state index contributed by atoms with van der Waals surface area (Å²) in [5.41, 5.74) is 2.62. The lowest BCUT2D eigenvalue weighted by Gasteiger charge is -2.15. The van der Waals surface area contributed by atoms with Crippen LogP contribution in [0.4, 0.5) is 0 Å². The molecule has 1 N–H and O–H groups in total. The molecule has 0 saturated carbocycles. The minimum absolute atomic E-state index is 0.391. The molecular weight excluding hydrogens is 333 g/mol. The van der Waals surface area contributed by atoms with E-state index in [9.17, 15) is 0 Å². The fourth-order valence-corrected chi connectivity index (χ4v) is 3.13. The minimum atomic E-state index is 0.391. The third-order valence-corrected chi connectivity index (χ3v) is 4.27. The van der Waals surface area contributed by atoms with E-state index in [0.717, 1.165) is 13.0 Å². The highest BCUT2D eigenvalue weighted by atomic mass is 127. The average Bonchev–Trinajstić information content (AvgIpc) is 2.88. The number of furan rings is 1. The third kappa shape index (κ3) is 3.09. The first-order valence-corrected chi connectivity index (χ1v) is 7.24. The van der Waals surface area contributed by atoms with Crippen molar-refractivity contribution in [3.05, 3.63) is 44.0 Å². The zero-order valence-electron chi connectivity index (χ0n) is 9.07. The predicted octanol–water partition coefficient (Wildman–Crippen LogP) is 3.84. The first-order chi connectivity index (χ1) is 7.79. The third-order valence-electron chi connectivity index (χ3n) is 2.46. The van der Waals surface area contributed by atoms with Gasteiger partial charge in [0, 0.05) is 6.04 Å². The average molecular weight is 347 g/mol. The van der Waals surface area contributed by atoms with Gasteiger partial charge in [0.05, 0.1) is 15.4 Å². The number of rotatable bonds is 5. The van der Waals surface area contributed by atoms with Gasteiger partial charge in [-0.05, 0) is 64.2 Å². The molecule has 2 nitrogen and oxygen atoms in total. The van der Waals surface area contributed by atoms with Crippen molar-refractivity contribution < 1.29 is 4.42 Å². The van der Waals surface area contributed by atoms with Gasteiger partial charge in [-0.2, -0.15) is 0 Å². The van der Waals surface area contributed by atoms with Crippen molar-refractivity contribution >= 4 is 33.9 Å². The number of nitrogens with one attached hydrogen (secondary N) is 1. The number of hydrogen-bond donors (Lipinski definition) is 1. The zero-order chi connectivity index (χ0) is 11.4. The van der Waals surface area contributed by atoms with Gasteiger partial charge >= 0.3 is 0 Å². The molecule has 0 saturated heterocycles. The Morgan fingerprint density at radius 2 is 2.44 bits per heavy atom. The topological polar surface area (TPSA) is 25.2 Å². The van der Waals surface area contributed by atoms with Crippen LogP contribution in [0.15, 0.2) is 34.5 Å². The molecule has 2 heterocycles. The normalized spacial score (nSPS) is 12.9. The van der Waals surface area contributed by atoms with Crippen LogP contribution in [0.5, 0.6) is 0 Å². The molecule has 1 unspecified atom stereocenters. The van der Waals surface area contributed by atoms with Crippen LogP contribution < -0.4 is 5.32 Å². The van der Waals surface area contributed by atoms with Crippen LogP contribution in [-0.2, 0) is 6.42 Å². The first-order valence-electron chi connectivity index (χ1n) is 5.28. The van der Waals surface area contributed by atoms with Gasteiger partial charge in [0.25, 0.3) is 0 Å². The van der Waals surface area contributed by atoms with Crippen LogP contribution in [-0.4, -0.2) is 6.54 Å². The molecule has 2 aromatic rings. The van der Waals surface area contributed by atoms with Crippen LogP contribution in [0.1, 0.15) is 24.1 Å². The molecule has 86 valence electrons. The maximum Gasteiger partial charge on any atom is 0.0935 e. The van der Waals surface area contributed by atoms with Crippen LogP contribution >= 0.6 is 33.9 Å². The van der Waals surface area contributed by atoms with Crippen molar-refractivity contribution in [3.8, 4) is 0 Å². The van der Waals surface area contributed by atoms with E-state index in [0.29, 0.717) is 6.04 Å². The Bertz CT molecular complexity index is 424. The van der Waals surface area contributed by atoms with Crippen LogP contribution in [0, 0.1) is 2.88 Å². The van der Waals surface area contributed by atoms with E-state index in [1.165, 1.54) is 14.0 Å². The van der Waals surface area contributed by atoms with Gasteiger partial charge in [0.1, 0.15) is 0 Å². The molecule has 0 amide bonds. The molecule has 0 bridgehead atoms. The quantitative estimate of drug-likeness (QED) is 0.832. The lowest BCUT2D eigenvalue weighted by molar-refractivity contribution is 0.535. The summed E-state index contributed by atoms with van der Waals surface area (Å²) in [7, 11) is 0. The second-order valence-corrected chi connectivity index (χ2v) is 6.44. The summed E-state index contributed by atoms with van der Waals surface area (Å²) in [6.07, 6.45) is 4.54. The van der Waals surface area contributed by atoms with Gasteiger partial charge in [-0.15, -0.1) is 11.3 Å². The molecule has 1 atom stereocenters. The molecule has 2 aromatic heterocycles. The summed E-state index contributed by atoms with van der Waals surface area (Å²) in [6, 6.07) is 4.67. The van der Waals surface area contributed by atoms with E-state index in [1.54, 1.807) is 17.6 Å². The minimum Gasteiger partial charge on any atom is -0.472 e. The largest absolute Gasteiger partial charge is 0.472 e. The fraction of sp³-hybridized carbons (Fsp3) is 0.333. The van der Waals surface area contributed by atoms with Crippen LogP contribution in [0.2, 0.25) is 0 Å². The predicted molar refractivity (Wildman–Crippen MR) is 75.9 cm³/mol. The monoisotopic (exact) mass is 347 g/mol. The lowest BCUT2D eigenvalue weighted by Crippen LogP contribution is -2.22. The van der Waals surface area contributed by atoms with E-state index in [-0.39, 0.29) is 0 Å². The number of thiophene rings is 1. The number of likely N-dealkylation sites (N-methyl/N-ethyl adjacent to an activating group) is 1. The van der Waals surface area contributed by atoms with Gasteiger partial charge in [-0.1, -0.05) is 6.92 Å². The maximum absolute atomic E-state index is 5.11. The Morgan fingerprint density at radius 3 is 3.00 bits per heavy atom. The van der Waals surface area contributed by atoms with Crippen molar-refractivity contribution in [2.75, 3.05) is 6.54 Å². The van der Waals surface area contributed by atoms with E-state index in [2.05, 4.69) is 46.3 Å². The highest BCUT2D eigenvalue weighted by molar-refractivity contribution is 14.1. The summed E-state index contributed by atoms with van der Waals surface area (Å²) in [5.74, 6) is 0. The van der Waals surface area contributed by atoms with Gasteiger partial charge in [0.2, 0.25) is 0 Å². The number of hydrogen-bond acceptors (Lipinski definition) is 3. The summed E-state index contributed by atoms with van der Waals surface area (Å²) < 4.78 is 6.44. The lowest BCUT2D eigenvalue weighted by atomic mass is 10.0. The van der Waals surface area contributed by atoms with Crippen molar-refractivity contribution in [1.82, 2.24) is 5.32 Å². The highest BCUT2D eigenvalue weighted by Gasteiger charge is 2.13. The molecule has 0 radical (unpaired) electrons. The standard InChI is InChI=1S/C12H14INOS/c1-2-14-11(5-9-3-4-15-7-9)10-6-12(13)16-8-10/h3-4,6-8,11,14H,2,5H2,1H3. The molecule has 0 aromatic carbocycles. The molecule has 2 rings (SSSR count). The van der Waals surface area contributed by atoms with E-state index in [4.69, 9.17) is 4.42 Å². The molecule has 0 spiro atoms. The van der Waals surface area contributed by atoms with Gasteiger partial charge < -0.3 is 9.73 Å². The molecule has 4 heteroatoms. The Hall–Kier alpha value is -0.330. The second kappa shape index (κ2) is 5.84. The molecule has 0 fully saturated rings. The van der Waals surface area contributed by atoms with Crippen LogP contribution in [0.25, 0.3) is 0 Å². The SMILES string of the molecule is CCNC(Cc1ccoc1)c1csc(I)c1. The Kier molecular flexibility index (Phi) is 4.43. The number of halogens is 1. The molecule has 0 aliphatic carbocycles.